The van der Waals surface area contributed by atoms with Gasteiger partial charge in [0.2, 0.25) is 0 Å². The average molecular weight is 406 g/mol. The topological polar surface area (TPSA) is 101 Å². The fourth-order valence-electron chi connectivity index (χ4n) is 3.31. The average Bonchev–Trinajstić information content (AvgIpc) is 3.42. The first-order chi connectivity index (χ1) is 13.2. The number of ether oxygens (including phenoxy) is 2. The number of methoxy groups -OCH3 is 1. The van der Waals surface area contributed by atoms with Crippen molar-refractivity contribution in [3.8, 4) is 23.0 Å². The molecule has 0 unspecified atom stereocenters. The van der Waals surface area contributed by atoms with E-state index >= 15 is 0 Å². The second-order valence-corrected chi connectivity index (χ2v) is 6.75. The Kier molecular flexibility index (Phi) is 6.33. The molecule has 2 heterocycles. The summed E-state index contributed by atoms with van der Waals surface area (Å²) in [5.74, 6) is 1.40. The van der Waals surface area contributed by atoms with Crippen LogP contribution >= 0.6 is 12.4 Å². The van der Waals surface area contributed by atoms with Crippen LogP contribution in [-0.4, -0.2) is 40.2 Å². The van der Waals surface area contributed by atoms with Crippen LogP contribution in [0.4, 0.5) is 0 Å². The number of nitrogens with two attached hydrogens (primary N) is 1. The molecular weight excluding hydrogens is 382 g/mol. The van der Waals surface area contributed by atoms with Crippen molar-refractivity contribution in [2.24, 2.45) is 5.73 Å². The van der Waals surface area contributed by atoms with E-state index in [0.29, 0.717) is 36.4 Å². The minimum absolute atomic E-state index is 0. The maximum Gasteiger partial charge on any atom is 0.282 e. The van der Waals surface area contributed by atoms with Gasteiger partial charge in [-0.15, -0.1) is 12.4 Å². The summed E-state index contributed by atoms with van der Waals surface area (Å²) in [6, 6.07) is 9.78. The van der Waals surface area contributed by atoms with Gasteiger partial charge in [-0.2, -0.15) is 10.1 Å². The highest BCUT2D eigenvalue weighted by Crippen LogP contribution is 2.36. The number of rotatable bonds is 7. The van der Waals surface area contributed by atoms with Gasteiger partial charge in [-0.05, 0) is 25.0 Å². The summed E-state index contributed by atoms with van der Waals surface area (Å²) in [6.45, 7) is 0.864. The standard InChI is InChI=1S/C19H23N5O3.ClH/c1-25-11-12-26-15-13-24(14-7-3-2-4-8-14)22-16(15)17-21-18(23-27-17)19(20)9-5-6-10-19;/h2-4,7-8,13H,5-6,9-12,20H2,1H3;1H. The molecule has 2 N–H and O–H groups in total. The lowest BCUT2D eigenvalue weighted by Gasteiger charge is -2.17. The number of aromatic nitrogens is 4. The third-order valence-electron chi connectivity index (χ3n) is 4.82. The molecule has 3 aromatic rings. The van der Waals surface area contributed by atoms with E-state index in [9.17, 15) is 0 Å². The van der Waals surface area contributed by atoms with E-state index in [-0.39, 0.29) is 12.4 Å². The number of halogens is 1. The molecule has 1 aromatic carbocycles. The van der Waals surface area contributed by atoms with Gasteiger partial charge in [-0.25, -0.2) is 4.68 Å². The Bertz CT molecular complexity index is 890. The van der Waals surface area contributed by atoms with Gasteiger partial charge in [-0.1, -0.05) is 36.2 Å². The smallest absolute Gasteiger partial charge is 0.282 e. The fourth-order valence-corrected chi connectivity index (χ4v) is 3.31. The van der Waals surface area contributed by atoms with E-state index in [1.54, 1.807) is 18.0 Å². The molecule has 2 aromatic heterocycles. The maximum atomic E-state index is 6.45. The number of nitrogens with zero attached hydrogens (tertiary/aromatic N) is 4. The molecule has 0 atom stereocenters. The zero-order valence-electron chi connectivity index (χ0n) is 15.7. The number of para-hydroxylation sites is 1. The maximum absolute atomic E-state index is 6.45. The second-order valence-electron chi connectivity index (χ2n) is 6.75. The second kappa shape index (κ2) is 8.72. The molecule has 28 heavy (non-hydrogen) atoms. The predicted molar refractivity (Wildman–Crippen MR) is 106 cm³/mol. The third-order valence-corrected chi connectivity index (χ3v) is 4.82. The first-order valence-corrected chi connectivity index (χ1v) is 9.10. The highest BCUT2D eigenvalue weighted by atomic mass is 35.5. The van der Waals surface area contributed by atoms with E-state index in [2.05, 4.69) is 15.2 Å². The zero-order valence-corrected chi connectivity index (χ0v) is 16.5. The quantitative estimate of drug-likeness (QED) is 0.602. The van der Waals surface area contributed by atoms with E-state index in [4.69, 9.17) is 19.7 Å². The molecule has 8 nitrogen and oxygen atoms in total. The molecular formula is C19H24ClN5O3. The first-order valence-electron chi connectivity index (χ1n) is 9.10. The van der Waals surface area contributed by atoms with Crippen LogP contribution in [0.1, 0.15) is 31.5 Å². The van der Waals surface area contributed by atoms with Gasteiger partial charge >= 0.3 is 0 Å². The summed E-state index contributed by atoms with van der Waals surface area (Å²) in [5.41, 5.74) is 7.34. The SMILES string of the molecule is COCCOc1cn(-c2ccccc2)nc1-c1nc(C2(N)CCCC2)no1.Cl. The van der Waals surface area contributed by atoms with Crippen LogP contribution in [0, 0.1) is 0 Å². The molecule has 0 amide bonds. The van der Waals surface area contributed by atoms with Gasteiger partial charge in [0.15, 0.2) is 17.3 Å². The van der Waals surface area contributed by atoms with E-state index < -0.39 is 5.54 Å². The minimum Gasteiger partial charge on any atom is -0.487 e. The van der Waals surface area contributed by atoms with Gasteiger partial charge in [-0.3, -0.25) is 0 Å². The number of hydrogen-bond donors (Lipinski definition) is 1. The molecule has 0 bridgehead atoms. The van der Waals surface area contributed by atoms with Crippen LogP contribution in [0.3, 0.4) is 0 Å². The molecule has 9 heteroatoms. The molecule has 1 fully saturated rings. The summed E-state index contributed by atoms with van der Waals surface area (Å²) in [6.07, 6.45) is 5.68. The Labute approximate surface area is 169 Å². The van der Waals surface area contributed by atoms with E-state index in [1.165, 1.54) is 0 Å². The number of benzene rings is 1. The molecule has 0 saturated heterocycles. The monoisotopic (exact) mass is 405 g/mol. The van der Waals surface area contributed by atoms with Gasteiger partial charge in [0, 0.05) is 7.11 Å². The van der Waals surface area contributed by atoms with Crippen molar-refractivity contribution >= 4 is 12.4 Å². The lowest BCUT2D eigenvalue weighted by atomic mass is 9.99. The highest BCUT2D eigenvalue weighted by molar-refractivity contribution is 5.85. The van der Waals surface area contributed by atoms with E-state index in [0.717, 1.165) is 31.4 Å². The lowest BCUT2D eigenvalue weighted by Crippen LogP contribution is -2.34. The first kappa shape index (κ1) is 20.3. The van der Waals surface area contributed by atoms with Crippen molar-refractivity contribution in [1.82, 2.24) is 19.9 Å². The minimum atomic E-state index is -0.513. The van der Waals surface area contributed by atoms with Crippen LogP contribution in [0.25, 0.3) is 17.3 Å². The van der Waals surface area contributed by atoms with Crippen molar-refractivity contribution < 1.29 is 14.0 Å². The Morgan fingerprint density at radius 1 is 1.18 bits per heavy atom. The number of hydrogen-bond acceptors (Lipinski definition) is 7. The Hall–Kier alpha value is -2.42. The molecule has 0 spiro atoms. The largest absolute Gasteiger partial charge is 0.487 e. The van der Waals surface area contributed by atoms with Gasteiger partial charge < -0.3 is 19.7 Å². The molecule has 1 saturated carbocycles. The van der Waals surface area contributed by atoms with Crippen molar-refractivity contribution in [2.45, 2.75) is 31.2 Å². The van der Waals surface area contributed by atoms with Crippen molar-refractivity contribution in [3.05, 3.63) is 42.4 Å². The zero-order chi connectivity index (χ0) is 18.7. The lowest BCUT2D eigenvalue weighted by molar-refractivity contribution is 0.146. The molecule has 1 aliphatic rings. The van der Waals surface area contributed by atoms with Crippen molar-refractivity contribution in [2.75, 3.05) is 20.3 Å². The van der Waals surface area contributed by atoms with Crippen molar-refractivity contribution in [3.63, 3.8) is 0 Å². The highest BCUT2D eigenvalue weighted by Gasteiger charge is 2.36. The summed E-state index contributed by atoms with van der Waals surface area (Å²) in [7, 11) is 1.63. The molecule has 150 valence electrons. The third kappa shape index (κ3) is 4.04. The molecule has 0 radical (unpaired) electrons. The Morgan fingerprint density at radius 2 is 1.93 bits per heavy atom. The summed E-state index contributed by atoms with van der Waals surface area (Å²) >= 11 is 0. The Morgan fingerprint density at radius 3 is 2.64 bits per heavy atom. The Balaban J connectivity index is 0.00000225. The normalized spacial score (nSPS) is 15.4. The van der Waals surface area contributed by atoms with Crippen LogP contribution in [0.5, 0.6) is 5.75 Å². The van der Waals surface area contributed by atoms with E-state index in [1.807, 2.05) is 30.3 Å². The van der Waals surface area contributed by atoms with Crippen LogP contribution in [0.2, 0.25) is 0 Å². The summed E-state index contributed by atoms with van der Waals surface area (Å²) in [4.78, 5) is 4.54. The van der Waals surface area contributed by atoms with Crippen molar-refractivity contribution in [1.29, 1.82) is 0 Å². The van der Waals surface area contributed by atoms with Gasteiger partial charge in [0.25, 0.3) is 5.89 Å². The van der Waals surface area contributed by atoms with Crippen LogP contribution in [-0.2, 0) is 10.3 Å². The molecule has 1 aliphatic carbocycles. The van der Waals surface area contributed by atoms with Gasteiger partial charge in [0.1, 0.15) is 6.61 Å². The summed E-state index contributed by atoms with van der Waals surface area (Å²) in [5, 5.41) is 8.73. The molecule has 4 rings (SSSR count). The van der Waals surface area contributed by atoms with Crippen LogP contribution in [0.15, 0.2) is 41.1 Å². The predicted octanol–water partition coefficient (Wildman–Crippen LogP) is 3.10. The van der Waals surface area contributed by atoms with Crippen LogP contribution < -0.4 is 10.5 Å². The fraction of sp³-hybridized carbons (Fsp3) is 0.421. The molecule has 0 aliphatic heterocycles. The summed E-state index contributed by atoms with van der Waals surface area (Å²) < 4.78 is 18.1. The van der Waals surface area contributed by atoms with Gasteiger partial charge in [0.05, 0.1) is 24.0 Å².